The number of nitrogens with zero attached hydrogens (tertiary/aromatic N) is 2. The maximum Gasteiger partial charge on any atom is 0.0562 e. The standard InChI is InChI=1S/C43H32N2.C2H6/c1-3-4-17-37-30(2)44(35-24-20-33(21-25-35)31-13-7-5-8-14-31)42-29-43-40(28-39(37)42)38-18-11-12-19-41(38)45(43)36-26-22-34(23-27-36)32-15-9-6-10-16-32;1-2/h3-29H,1H2,2H3;1-2H3/b17-4-;. The van der Waals surface area contributed by atoms with E-state index in [1.165, 1.54) is 66.2 Å². The number of rotatable bonds is 6. The molecule has 2 aromatic heterocycles. The normalized spacial score (nSPS) is 11.3. The van der Waals surface area contributed by atoms with E-state index in [-0.39, 0.29) is 0 Å². The molecule has 0 saturated heterocycles. The highest BCUT2D eigenvalue weighted by molar-refractivity contribution is 6.14. The Bertz CT molecular complexity index is 2350. The molecule has 2 heteroatoms. The van der Waals surface area contributed by atoms with Crippen LogP contribution in [0.5, 0.6) is 0 Å². The average Bonchev–Trinajstić information content (AvgIpc) is 3.61. The number of hydrogen-bond acceptors (Lipinski definition) is 0. The minimum absolute atomic E-state index is 1.14. The first-order chi connectivity index (χ1) is 23.2. The second kappa shape index (κ2) is 12.9. The fourth-order valence-corrected chi connectivity index (χ4v) is 6.75. The van der Waals surface area contributed by atoms with Crippen LogP contribution in [0.15, 0.2) is 164 Å². The molecule has 0 aliphatic heterocycles. The van der Waals surface area contributed by atoms with Gasteiger partial charge in [0.1, 0.15) is 0 Å². The summed E-state index contributed by atoms with van der Waals surface area (Å²) in [5.41, 5.74) is 13.1. The SMILES string of the molecule is C=C/C=C\c1c(C)n(-c2ccc(-c3ccccc3)cc2)c2cc3c(cc12)c1ccccc1n3-c1ccc(-c2ccccc2)cc1.CC. The van der Waals surface area contributed by atoms with Crippen LogP contribution < -0.4 is 0 Å². The van der Waals surface area contributed by atoms with Crippen molar-refractivity contribution in [3.05, 3.63) is 176 Å². The lowest BCUT2D eigenvalue weighted by atomic mass is 10.1. The maximum atomic E-state index is 3.95. The van der Waals surface area contributed by atoms with E-state index in [0.717, 1.165) is 11.4 Å². The van der Waals surface area contributed by atoms with Crippen molar-refractivity contribution in [1.29, 1.82) is 0 Å². The van der Waals surface area contributed by atoms with Gasteiger partial charge in [-0.05, 0) is 71.6 Å². The Morgan fingerprint density at radius 1 is 0.468 bits per heavy atom. The van der Waals surface area contributed by atoms with Gasteiger partial charge in [-0.3, -0.25) is 0 Å². The van der Waals surface area contributed by atoms with Gasteiger partial charge in [0.2, 0.25) is 0 Å². The predicted molar refractivity (Wildman–Crippen MR) is 204 cm³/mol. The quantitative estimate of drug-likeness (QED) is 0.167. The van der Waals surface area contributed by atoms with Gasteiger partial charge in [0.25, 0.3) is 0 Å². The Morgan fingerprint density at radius 2 is 0.957 bits per heavy atom. The van der Waals surface area contributed by atoms with Crippen molar-refractivity contribution in [2.45, 2.75) is 20.8 Å². The molecule has 0 saturated carbocycles. The van der Waals surface area contributed by atoms with E-state index >= 15 is 0 Å². The third-order valence-electron chi connectivity index (χ3n) is 8.91. The Hall–Kier alpha value is -5.86. The van der Waals surface area contributed by atoms with Crippen molar-refractivity contribution in [1.82, 2.24) is 9.13 Å². The van der Waals surface area contributed by atoms with Crippen LogP contribution in [0.25, 0.3) is 72.4 Å². The Morgan fingerprint density at radius 3 is 1.53 bits per heavy atom. The minimum Gasteiger partial charge on any atom is -0.313 e. The van der Waals surface area contributed by atoms with Gasteiger partial charge in [0.05, 0.1) is 16.6 Å². The Kier molecular flexibility index (Phi) is 8.16. The molecule has 6 aromatic carbocycles. The summed E-state index contributed by atoms with van der Waals surface area (Å²) in [6.45, 7) is 10.2. The van der Waals surface area contributed by atoms with Gasteiger partial charge < -0.3 is 9.13 Å². The van der Waals surface area contributed by atoms with E-state index in [1.807, 2.05) is 26.0 Å². The summed E-state index contributed by atoms with van der Waals surface area (Å²) in [5.74, 6) is 0. The fraction of sp³-hybridized carbons (Fsp3) is 0.0667. The lowest BCUT2D eigenvalue weighted by Gasteiger charge is -2.12. The molecule has 0 unspecified atom stereocenters. The average molecular weight is 607 g/mol. The van der Waals surface area contributed by atoms with Crippen molar-refractivity contribution in [2.24, 2.45) is 0 Å². The highest BCUT2D eigenvalue weighted by Gasteiger charge is 2.19. The van der Waals surface area contributed by atoms with Crippen LogP contribution in [0.3, 0.4) is 0 Å². The molecular weight excluding hydrogens is 569 g/mol. The molecule has 0 fully saturated rings. The van der Waals surface area contributed by atoms with Crippen molar-refractivity contribution in [2.75, 3.05) is 0 Å². The highest BCUT2D eigenvalue weighted by Crippen LogP contribution is 2.39. The summed E-state index contributed by atoms with van der Waals surface area (Å²) in [6, 6.07) is 52.4. The van der Waals surface area contributed by atoms with E-state index in [4.69, 9.17) is 0 Å². The fourth-order valence-electron chi connectivity index (χ4n) is 6.75. The van der Waals surface area contributed by atoms with Crippen LogP contribution in [-0.4, -0.2) is 9.13 Å². The second-order valence-electron chi connectivity index (χ2n) is 11.5. The van der Waals surface area contributed by atoms with Gasteiger partial charge in [0, 0.05) is 38.8 Å². The summed E-state index contributed by atoms with van der Waals surface area (Å²) in [4.78, 5) is 0. The molecule has 8 rings (SSSR count). The number of hydrogen-bond donors (Lipinski definition) is 0. The monoisotopic (exact) mass is 606 g/mol. The molecule has 0 spiro atoms. The van der Waals surface area contributed by atoms with E-state index in [2.05, 4.69) is 174 Å². The molecule has 228 valence electrons. The summed E-state index contributed by atoms with van der Waals surface area (Å²) < 4.78 is 4.80. The van der Waals surface area contributed by atoms with Crippen molar-refractivity contribution < 1.29 is 0 Å². The molecule has 2 nitrogen and oxygen atoms in total. The zero-order valence-corrected chi connectivity index (χ0v) is 27.2. The van der Waals surface area contributed by atoms with Gasteiger partial charge >= 0.3 is 0 Å². The Labute approximate surface area is 277 Å². The third-order valence-corrected chi connectivity index (χ3v) is 8.91. The summed E-state index contributed by atoms with van der Waals surface area (Å²) in [7, 11) is 0. The van der Waals surface area contributed by atoms with Gasteiger partial charge in [-0.25, -0.2) is 0 Å². The molecule has 0 aliphatic carbocycles. The topological polar surface area (TPSA) is 9.86 Å². The number of fused-ring (bicyclic) bond motifs is 4. The summed E-state index contributed by atoms with van der Waals surface area (Å²) >= 11 is 0. The predicted octanol–water partition coefficient (Wildman–Crippen LogP) is 12.6. The zero-order valence-electron chi connectivity index (χ0n) is 27.2. The molecule has 0 atom stereocenters. The van der Waals surface area contributed by atoms with Gasteiger partial charge in [-0.15, -0.1) is 0 Å². The molecule has 47 heavy (non-hydrogen) atoms. The minimum atomic E-state index is 1.14. The largest absolute Gasteiger partial charge is 0.313 e. The van der Waals surface area contributed by atoms with Crippen molar-refractivity contribution >= 4 is 38.8 Å². The number of allylic oxidation sites excluding steroid dienone is 2. The van der Waals surface area contributed by atoms with Gasteiger partial charge in [-0.2, -0.15) is 0 Å². The summed E-state index contributed by atoms with van der Waals surface area (Å²) in [5, 5.41) is 3.72. The van der Waals surface area contributed by atoms with E-state index < -0.39 is 0 Å². The van der Waals surface area contributed by atoms with E-state index in [1.54, 1.807) is 0 Å². The Balaban J connectivity index is 0.00000172. The number of benzene rings is 6. The number of aromatic nitrogens is 2. The first kappa shape index (κ1) is 29.8. The van der Waals surface area contributed by atoms with E-state index in [0.29, 0.717) is 0 Å². The first-order valence-electron chi connectivity index (χ1n) is 16.4. The number of para-hydroxylation sites is 1. The van der Waals surface area contributed by atoms with Gasteiger partial charge in [-0.1, -0.05) is 142 Å². The molecule has 0 radical (unpaired) electrons. The van der Waals surface area contributed by atoms with Crippen LogP contribution >= 0.6 is 0 Å². The highest BCUT2D eigenvalue weighted by atomic mass is 15.0. The van der Waals surface area contributed by atoms with Gasteiger partial charge in [0.15, 0.2) is 0 Å². The van der Waals surface area contributed by atoms with E-state index in [9.17, 15) is 0 Å². The molecule has 2 heterocycles. The molecule has 0 amide bonds. The lowest BCUT2D eigenvalue weighted by molar-refractivity contribution is 1.05. The smallest absolute Gasteiger partial charge is 0.0562 e. The van der Waals surface area contributed by atoms with Crippen LogP contribution in [0.2, 0.25) is 0 Å². The first-order valence-corrected chi connectivity index (χ1v) is 16.4. The van der Waals surface area contributed by atoms with Crippen LogP contribution in [0.1, 0.15) is 25.1 Å². The van der Waals surface area contributed by atoms with Crippen molar-refractivity contribution in [3.63, 3.8) is 0 Å². The molecule has 0 bridgehead atoms. The second-order valence-corrected chi connectivity index (χ2v) is 11.5. The van der Waals surface area contributed by atoms with Crippen LogP contribution in [-0.2, 0) is 0 Å². The molecule has 0 aliphatic rings. The van der Waals surface area contributed by atoms with Crippen LogP contribution in [0.4, 0.5) is 0 Å². The summed E-state index contributed by atoms with van der Waals surface area (Å²) in [6.07, 6.45) is 6.07. The molecule has 8 aromatic rings. The van der Waals surface area contributed by atoms with Crippen LogP contribution in [0, 0.1) is 6.92 Å². The third kappa shape index (κ3) is 5.28. The van der Waals surface area contributed by atoms with Crippen molar-refractivity contribution in [3.8, 4) is 33.6 Å². The lowest BCUT2D eigenvalue weighted by Crippen LogP contribution is -1.98. The molecular formula is C45H38N2. The maximum absolute atomic E-state index is 3.95. The molecule has 0 N–H and O–H groups in total. The zero-order chi connectivity index (χ0) is 32.3.